The van der Waals surface area contributed by atoms with Gasteiger partial charge in [-0.1, -0.05) is 30.1 Å². The summed E-state index contributed by atoms with van der Waals surface area (Å²) in [7, 11) is 0. The van der Waals surface area contributed by atoms with Gasteiger partial charge in [-0.25, -0.2) is 0 Å². The van der Waals surface area contributed by atoms with Crippen molar-refractivity contribution in [1.29, 1.82) is 0 Å². The Morgan fingerprint density at radius 3 is 2.43 bits per heavy atom. The molecule has 0 saturated carbocycles. The zero-order chi connectivity index (χ0) is 21.7. The van der Waals surface area contributed by atoms with Crippen LogP contribution in [-0.2, 0) is 16.0 Å². The Bertz CT molecular complexity index is 847. The lowest BCUT2D eigenvalue weighted by Gasteiger charge is -2.38. The average Bonchev–Trinajstić information content (AvgIpc) is 3.28. The molecule has 1 aliphatic heterocycles. The number of hydrogen-bond donors (Lipinski definition) is 1. The molecule has 9 heteroatoms. The fourth-order valence-electron chi connectivity index (χ4n) is 3.81. The largest absolute Gasteiger partial charge is 0.361 e. The second kappa shape index (κ2) is 9.88. The molecule has 1 saturated heterocycles. The fraction of sp³-hybridized carbons (Fsp3) is 0.619. The van der Waals surface area contributed by atoms with E-state index in [0.29, 0.717) is 49.9 Å². The van der Waals surface area contributed by atoms with Crippen LogP contribution in [0.4, 0.5) is 5.82 Å². The van der Waals surface area contributed by atoms with Gasteiger partial charge in [0.25, 0.3) is 0 Å². The van der Waals surface area contributed by atoms with Gasteiger partial charge in [-0.05, 0) is 27.2 Å². The lowest BCUT2D eigenvalue weighted by atomic mass is 10.1. The third-order valence-electron chi connectivity index (χ3n) is 5.63. The second-order valence-corrected chi connectivity index (χ2v) is 7.87. The highest BCUT2D eigenvalue weighted by Gasteiger charge is 2.31. The van der Waals surface area contributed by atoms with Gasteiger partial charge in [0, 0.05) is 37.8 Å². The van der Waals surface area contributed by atoms with Gasteiger partial charge in [-0.15, -0.1) is 0 Å². The Hall–Kier alpha value is -2.68. The summed E-state index contributed by atoms with van der Waals surface area (Å²) in [5.74, 6) is 1.77. The van der Waals surface area contributed by atoms with Crippen molar-refractivity contribution >= 4 is 17.6 Å². The minimum absolute atomic E-state index is 0.0664. The highest BCUT2D eigenvalue weighted by atomic mass is 16.5. The van der Waals surface area contributed by atoms with Gasteiger partial charge in [0.05, 0.1) is 18.2 Å². The normalized spacial score (nSPS) is 15.9. The molecule has 2 aromatic rings. The lowest BCUT2D eigenvalue weighted by Crippen LogP contribution is -2.55. The SMILES string of the molecule is CCCCC(C(=O)Nc1cc(C)on1)N1CCN(C(=O)Cc2c(C)noc2C)CC1. The minimum atomic E-state index is -0.248. The molecule has 9 nitrogen and oxygen atoms in total. The highest BCUT2D eigenvalue weighted by Crippen LogP contribution is 2.18. The number of carbonyl (C=O) groups excluding carboxylic acids is 2. The zero-order valence-electron chi connectivity index (χ0n) is 18.2. The maximum absolute atomic E-state index is 12.9. The van der Waals surface area contributed by atoms with Gasteiger partial charge in [0.1, 0.15) is 11.5 Å². The van der Waals surface area contributed by atoms with Gasteiger partial charge in [0.15, 0.2) is 5.82 Å². The molecule has 1 fully saturated rings. The summed E-state index contributed by atoms with van der Waals surface area (Å²) < 4.78 is 10.2. The van der Waals surface area contributed by atoms with E-state index >= 15 is 0 Å². The van der Waals surface area contributed by atoms with Crippen molar-refractivity contribution in [2.45, 2.75) is 59.4 Å². The minimum Gasteiger partial charge on any atom is -0.361 e. The number of aromatic nitrogens is 2. The fourth-order valence-corrected chi connectivity index (χ4v) is 3.81. The van der Waals surface area contributed by atoms with Crippen LogP contribution < -0.4 is 5.32 Å². The molecule has 0 aliphatic carbocycles. The molecular weight excluding hydrogens is 386 g/mol. The van der Waals surface area contributed by atoms with Gasteiger partial charge in [-0.2, -0.15) is 0 Å². The Labute approximate surface area is 176 Å². The summed E-state index contributed by atoms with van der Waals surface area (Å²) in [4.78, 5) is 29.7. The number of carbonyl (C=O) groups is 2. The number of rotatable bonds is 8. The molecule has 0 bridgehead atoms. The Balaban J connectivity index is 1.58. The van der Waals surface area contributed by atoms with Crippen LogP contribution in [0, 0.1) is 20.8 Å². The van der Waals surface area contributed by atoms with Crippen molar-refractivity contribution in [2.24, 2.45) is 0 Å². The number of unbranched alkanes of at least 4 members (excludes halogenated alkanes) is 1. The lowest BCUT2D eigenvalue weighted by molar-refractivity contribution is -0.133. The predicted molar refractivity (Wildman–Crippen MR) is 111 cm³/mol. The molecule has 0 radical (unpaired) electrons. The van der Waals surface area contributed by atoms with Crippen molar-refractivity contribution in [3.05, 3.63) is 28.8 Å². The van der Waals surface area contributed by atoms with E-state index in [0.717, 1.165) is 30.5 Å². The van der Waals surface area contributed by atoms with E-state index < -0.39 is 0 Å². The standard InChI is InChI=1S/C21H31N5O4/c1-5-6-7-18(21(28)22-19-12-14(2)29-24-19)25-8-10-26(11-9-25)20(27)13-17-15(3)23-30-16(17)4/h12,18H,5-11,13H2,1-4H3,(H,22,24,28). The number of anilines is 1. The first-order chi connectivity index (χ1) is 14.4. The van der Waals surface area contributed by atoms with E-state index in [2.05, 4.69) is 27.5 Å². The maximum atomic E-state index is 12.9. The molecule has 164 valence electrons. The van der Waals surface area contributed by atoms with Crippen molar-refractivity contribution in [1.82, 2.24) is 20.1 Å². The topological polar surface area (TPSA) is 105 Å². The molecule has 1 unspecified atom stereocenters. The van der Waals surface area contributed by atoms with Crippen LogP contribution in [0.15, 0.2) is 15.1 Å². The first-order valence-corrected chi connectivity index (χ1v) is 10.6. The Morgan fingerprint density at radius 2 is 1.87 bits per heavy atom. The molecule has 1 N–H and O–H groups in total. The van der Waals surface area contributed by atoms with Crippen molar-refractivity contribution in [3.8, 4) is 0 Å². The maximum Gasteiger partial charge on any atom is 0.242 e. The average molecular weight is 418 g/mol. The first-order valence-electron chi connectivity index (χ1n) is 10.6. The summed E-state index contributed by atoms with van der Waals surface area (Å²) in [6.07, 6.45) is 3.04. The summed E-state index contributed by atoms with van der Waals surface area (Å²) in [5, 5.41) is 10.6. The third kappa shape index (κ3) is 5.27. The van der Waals surface area contributed by atoms with Gasteiger partial charge >= 0.3 is 0 Å². The molecule has 1 atom stereocenters. The van der Waals surface area contributed by atoms with Crippen molar-refractivity contribution < 1.29 is 18.6 Å². The van der Waals surface area contributed by atoms with Crippen LogP contribution in [-0.4, -0.2) is 64.1 Å². The second-order valence-electron chi connectivity index (χ2n) is 7.87. The summed E-state index contributed by atoms with van der Waals surface area (Å²) >= 11 is 0. The van der Waals surface area contributed by atoms with Crippen LogP contribution in [0.1, 0.15) is 49.0 Å². The smallest absolute Gasteiger partial charge is 0.242 e. The number of hydrogen-bond acceptors (Lipinski definition) is 7. The molecular formula is C21H31N5O4. The van der Waals surface area contributed by atoms with Gasteiger partial charge < -0.3 is 19.3 Å². The Kier molecular flexibility index (Phi) is 7.25. The summed E-state index contributed by atoms with van der Waals surface area (Å²) in [6, 6.07) is 1.46. The summed E-state index contributed by atoms with van der Waals surface area (Å²) in [6.45, 7) is 10.1. The molecule has 3 rings (SSSR count). The zero-order valence-corrected chi connectivity index (χ0v) is 18.2. The van der Waals surface area contributed by atoms with Gasteiger partial charge in [-0.3, -0.25) is 14.5 Å². The predicted octanol–water partition coefficient (Wildman–Crippen LogP) is 2.47. The summed E-state index contributed by atoms with van der Waals surface area (Å²) in [5.41, 5.74) is 1.63. The van der Waals surface area contributed by atoms with Gasteiger partial charge in [0.2, 0.25) is 11.8 Å². The van der Waals surface area contributed by atoms with E-state index in [1.807, 2.05) is 18.7 Å². The molecule has 3 heterocycles. The van der Waals surface area contributed by atoms with Crippen molar-refractivity contribution in [2.75, 3.05) is 31.5 Å². The molecule has 1 aliphatic rings. The monoisotopic (exact) mass is 417 g/mol. The number of nitrogens with zero attached hydrogens (tertiary/aromatic N) is 4. The number of nitrogens with one attached hydrogen (secondary N) is 1. The van der Waals surface area contributed by atoms with E-state index in [-0.39, 0.29) is 17.9 Å². The number of aryl methyl sites for hydroxylation is 3. The third-order valence-corrected chi connectivity index (χ3v) is 5.63. The van der Waals surface area contributed by atoms with E-state index in [1.165, 1.54) is 0 Å². The van der Waals surface area contributed by atoms with Crippen LogP contribution in [0.2, 0.25) is 0 Å². The van der Waals surface area contributed by atoms with E-state index in [4.69, 9.17) is 9.05 Å². The molecule has 2 amide bonds. The van der Waals surface area contributed by atoms with Crippen LogP contribution in [0.25, 0.3) is 0 Å². The first kappa shape index (κ1) is 22.0. The van der Waals surface area contributed by atoms with E-state index in [1.54, 1.807) is 13.0 Å². The number of piperazine rings is 1. The molecule has 30 heavy (non-hydrogen) atoms. The quantitative estimate of drug-likeness (QED) is 0.703. The molecule has 2 aromatic heterocycles. The van der Waals surface area contributed by atoms with E-state index in [9.17, 15) is 9.59 Å². The van der Waals surface area contributed by atoms with Crippen molar-refractivity contribution in [3.63, 3.8) is 0 Å². The Morgan fingerprint density at radius 1 is 1.13 bits per heavy atom. The van der Waals surface area contributed by atoms with Crippen LogP contribution >= 0.6 is 0 Å². The van der Waals surface area contributed by atoms with Crippen LogP contribution in [0.5, 0.6) is 0 Å². The highest BCUT2D eigenvalue weighted by molar-refractivity contribution is 5.94. The van der Waals surface area contributed by atoms with Crippen LogP contribution in [0.3, 0.4) is 0 Å². The number of amides is 2. The molecule has 0 aromatic carbocycles. The molecule has 0 spiro atoms.